The summed E-state index contributed by atoms with van der Waals surface area (Å²) in [6.45, 7) is 0. The van der Waals surface area contributed by atoms with Crippen molar-refractivity contribution in [2.45, 2.75) is 6.42 Å². The van der Waals surface area contributed by atoms with Crippen molar-refractivity contribution >= 4 is 10.0 Å². The number of hydrogen-bond acceptors (Lipinski definition) is 5. The maximum Gasteiger partial charge on any atom is 0.213 e. The zero-order valence-electron chi connectivity index (χ0n) is 11.1. The summed E-state index contributed by atoms with van der Waals surface area (Å²) < 4.78 is 27.7. The van der Waals surface area contributed by atoms with Crippen molar-refractivity contribution in [1.82, 2.24) is 29.1 Å². The summed E-state index contributed by atoms with van der Waals surface area (Å²) in [6.07, 6.45) is 5.51. The number of sulfonamides is 1. The highest BCUT2D eigenvalue weighted by atomic mass is 32.2. The molecule has 0 saturated carbocycles. The molecule has 104 valence electrons. The monoisotopic (exact) mass is 284 g/mol. The van der Waals surface area contributed by atoms with Gasteiger partial charge in [0, 0.05) is 27.6 Å². The molecular formula is C10H16N6O2S. The van der Waals surface area contributed by atoms with Gasteiger partial charge in [-0.1, -0.05) is 5.21 Å². The molecule has 19 heavy (non-hydrogen) atoms. The lowest BCUT2D eigenvalue weighted by Gasteiger charge is -2.09. The molecule has 0 fully saturated rings. The van der Waals surface area contributed by atoms with E-state index in [1.165, 1.54) is 18.4 Å². The Balaban J connectivity index is 2.06. The van der Waals surface area contributed by atoms with Crippen molar-refractivity contribution < 1.29 is 8.42 Å². The van der Waals surface area contributed by atoms with Crippen LogP contribution >= 0.6 is 0 Å². The molecule has 0 aromatic carbocycles. The van der Waals surface area contributed by atoms with Crippen molar-refractivity contribution in [3.05, 3.63) is 24.3 Å². The van der Waals surface area contributed by atoms with Gasteiger partial charge in [-0.25, -0.2) is 17.4 Å². The van der Waals surface area contributed by atoms with Crippen molar-refractivity contribution in [1.29, 1.82) is 0 Å². The normalized spacial score (nSPS) is 12.2. The summed E-state index contributed by atoms with van der Waals surface area (Å²) in [6, 6.07) is 0. The Morgan fingerprint density at radius 3 is 2.63 bits per heavy atom. The van der Waals surface area contributed by atoms with Crippen molar-refractivity contribution in [2.24, 2.45) is 7.05 Å². The van der Waals surface area contributed by atoms with Crippen molar-refractivity contribution in [2.75, 3.05) is 19.8 Å². The molecule has 0 aliphatic carbocycles. The third-order valence-corrected chi connectivity index (χ3v) is 4.50. The Morgan fingerprint density at radius 1 is 1.32 bits per heavy atom. The molecule has 2 aromatic rings. The minimum atomic E-state index is -3.21. The average molecular weight is 284 g/mol. The van der Waals surface area contributed by atoms with E-state index in [4.69, 9.17) is 0 Å². The molecule has 0 amide bonds. The second-order valence-electron chi connectivity index (χ2n) is 4.38. The Labute approximate surface area is 111 Å². The first kappa shape index (κ1) is 13.7. The van der Waals surface area contributed by atoms with Gasteiger partial charge in [0.2, 0.25) is 10.0 Å². The molecule has 0 atom stereocenters. The third kappa shape index (κ3) is 3.18. The summed E-state index contributed by atoms with van der Waals surface area (Å²) in [4.78, 5) is 0. The van der Waals surface area contributed by atoms with Crippen LogP contribution in [0.5, 0.6) is 0 Å². The van der Waals surface area contributed by atoms with Crippen molar-refractivity contribution in [3.63, 3.8) is 0 Å². The molecule has 2 aromatic heterocycles. The molecule has 0 unspecified atom stereocenters. The van der Waals surface area contributed by atoms with Crippen LogP contribution in [0.1, 0.15) is 5.69 Å². The molecule has 0 aliphatic rings. The Hall–Kier alpha value is -1.74. The molecular weight excluding hydrogens is 268 g/mol. The van der Waals surface area contributed by atoms with E-state index in [1.54, 1.807) is 28.0 Å². The van der Waals surface area contributed by atoms with Crippen LogP contribution in [0.25, 0.3) is 5.69 Å². The smallest absolute Gasteiger partial charge is 0.213 e. The minimum absolute atomic E-state index is 0.0196. The van der Waals surface area contributed by atoms with E-state index in [0.717, 1.165) is 5.69 Å². The number of nitrogens with zero attached hydrogens (tertiary/aromatic N) is 6. The van der Waals surface area contributed by atoms with Crippen LogP contribution in [0.2, 0.25) is 0 Å². The van der Waals surface area contributed by atoms with Gasteiger partial charge in [0.05, 0.1) is 30.0 Å². The van der Waals surface area contributed by atoms with Gasteiger partial charge in [-0.3, -0.25) is 4.68 Å². The maximum atomic E-state index is 11.6. The van der Waals surface area contributed by atoms with Gasteiger partial charge in [-0.05, 0) is 0 Å². The zero-order chi connectivity index (χ0) is 14.0. The van der Waals surface area contributed by atoms with E-state index < -0.39 is 10.0 Å². The fourth-order valence-corrected chi connectivity index (χ4v) is 2.31. The average Bonchev–Trinajstić information content (AvgIpc) is 2.94. The Bertz CT molecular complexity index is 657. The number of aromatic nitrogens is 5. The highest BCUT2D eigenvalue weighted by Crippen LogP contribution is 2.06. The van der Waals surface area contributed by atoms with Crippen LogP contribution in [0.15, 0.2) is 18.6 Å². The summed E-state index contributed by atoms with van der Waals surface area (Å²) in [5.41, 5.74) is 1.42. The van der Waals surface area contributed by atoms with Gasteiger partial charge in [0.15, 0.2) is 0 Å². The Morgan fingerprint density at radius 2 is 2.05 bits per heavy atom. The SMILES string of the molecule is CN(C)S(=O)(=O)CCc1cn(-c2cnn(C)c2)nn1. The standard InChI is InChI=1S/C10H16N6O2S/c1-14(2)19(17,18)5-4-9-7-16(13-12-9)10-6-11-15(3)8-10/h6-8H,4-5H2,1-3H3. The lowest BCUT2D eigenvalue weighted by Crippen LogP contribution is -2.26. The molecule has 0 saturated heterocycles. The summed E-state index contributed by atoms with van der Waals surface area (Å²) >= 11 is 0. The van der Waals surface area contributed by atoms with E-state index in [2.05, 4.69) is 15.4 Å². The van der Waals surface area contributed by atoms with E-state index in [-0.39, 0.29) is 5.75 Å². The van der Waals surface area contributed by atoms with Crippen LogP contribution in [0.3, 0.4) is 0 Å². The van der Waals surface area contributed by atoms with Gasteiger partial charge >= 0.3 is 0 Å². The van der Waals surface area contributed by atoms with Crippen molar-refractivity contribution in [3.8, 4) is 5.69 Å². The summed E-state index contributed by atoms with van der Waals surface area (Å²) in [5, 5.41) is 11.9. The Kier molecular flexibility index (Phi) is 3.67. The fraction of sp³-hybridized carbons (Fsp3) is 0.500. The summed E-state index contributed by atoms with van der Waals surface area (Å²) in [5.74, 6) is 0.0196. The highest BCUT2D eigenvalue weighted by Gasteiger charge is 2.15. The van der Waals surface area contributed by atoms with E-state index in [0.29, 0.717) is 12.1 Å². The quantitative estimate of drug-likeness (QED) is 0.734. The number of rotatable bonds is 5. The molecule has 0 radical (unpaired) electrons. The molecule has 2 heterocycles. The first-order valence-corrected chi connectivity index (χ1v) is 7.30. The molecule has 8 nitrogen and oxygen atoms in total. The third-order valence-electron chi connectivity index (χ3n) is 2.67. The first-order valence-electron chi connectivity index (χ1n) is 5.69. The van der Waals surface area contributed by atoms with Crippen LogP contribution in [-0.4, -0.2) is 57.3 Å². The van der Waals surface area contributed by atoms with E-state index >= 15 is 0 Å². The van der Waals surface area contributed by atoms with Gasteiger partial charge < -0.3 is 0 Å². The van der Waals surface area contributed by atoms with Gasteiger partial charge in [-0.15, -0.1) is 5.10 Å². The summed E-state index contributed by atoms with van der Waals surface area (Å²) in [7, 11) is 1.63. The van der Waals surface area contributed by atoms with Crippen LogP contribution < -0.4 is 0 Å². The predicted octanol–water partition coefficient (Wildman–Crippen LogP) is -0.565. The molecule has 2 rings (SSSR count). The van der Waals surface area contributed by atoms with Gasteiger partial charge in [-0.2, -0.15) is 5.10 Å². The second kappa shape index (κ2) is 5.10. The first-order chi connectivity index (χ1) is 8.88. The molecule has 9 heteroatoms. The van der Waals surface area contributed by atoms with Crippen LogP contribution in [0, 0.1) is 0 Å². The lowest BCUT2D eigenvalue weighted by atomic mass is 10.4. The molecule has 0 aliphatic heterocycles. The minimum Gasteiger partial charge on any atom is -0.274 e. The number of aryl methyl sites for hydroxylation is 2. The highest BCUT2D eigenvalue weighted by molar-refractivity contribution is 7.89. The maximum absolute atomic E-state index is 11.6. The zero-order valence-corrected chi connectivity index (χ0v) is 11.9. The predicted molar refractivity (Wildman–Crippen MR) is 69.3 cm³/mol. The number of hydrogen-bond donors (Lipinski definition) is 0. The van der Waals surface area contributed by atoms with Gasteiger partial charge in [0.25, 0.3) is 0 Å². The molecule has 0 N–H and O–H groups in total. The second-order valence-corrected chi connectivity index (χ2v) is 6.68. The van der Waals surface area contributed by atoms with Crippen LogP contribution in [-0.2, 0) is 23.5 Å². The fourth-order valence-electron chi connectivity index (χ4n) is 1.48. The topological polar surface area (TPSA) is 85.9 Å². The molecule has 0 spiro atoms. The van der Waals surface area contributed by atoms with Crippen LogP contribution in [0.4, 0.5) is 0 Å². The van der Waals surface area contributed by atoms with E-state index in [1.807, 2.05) is 7.05 Å². The van der Waals surface area contributed by atoms with E-state index in [9.17, 15) is 8.42 Å². The largest absolute Gasteiger partial charge is 0.274 e. The molecule has 0 bridgehead atoms. The van der Waals surface area contributed by atoms with Gasteiger partial charge in [0.1, 0.15) is 5.69 Å². The lowest BCUT2D eigenvalue weighted by molar-refractivity contribution is 0.520.